The highest BCUT2D eigenvalue weighted by Gasteiger charge is 2.36. The third kappa shape index (κ3) is 5.31. The van der Waals surface area contributed by atoms with Crippen molar-refractivity contribution in [1.29, 1.82) is 0 Å². The van der Waals surface area contributed by atoms with E-state index in [2.05, 4.69) is 30.7 Å². The van der Waals surface area contributed by atoms with Crippen molar-refractivity contribution in [3.63, 3.8) is 0 Å². The molecule has 1 saturated heterocycles. The number of halogens is 3. The standard InChI is InChI=1S/C19H17F3N8O3S/c20-19(21,22)12-4-2-1-3-11(12)15(31)30-9-7-29(8-10-30)13-5-6-14(26-25-13)33-18(32)24-16-23-17(34)28-27-16/h1-6H,7-10H2,(H3,23,24,27,28,32,34). The molecule has 3 N–H and O–H groups in total. The van der Waals surface area contributed by atoms with Crippen molar-refractivity contribution >= 4 is 36.0 Å². The lowest BCUT2D eigenvalue weighted by Gasteiger charge is -2.35. The molecule has 2 amide bonds. The molecule has 1 aromatic carbocycles. The van der Waals surface area contributed by atoms with Crippen molar-refractivity contribution in [2.24, 2.45) is 0 Å². The van der Waals surface area contributed by atoms with Crippen molar-refractivity contribution in [1.82, 2.24) is 30.3 Å². The third-order valence-electron chi connectivity index (χ3n) is 4.90. The molecular formula is C19H17F3N8O3S. The molecule has 0 spiro atoms. The molecule has 0 radical (unpaired) electrons. The number of benzene rings is 1. The number of nitrogens with one attached hydrogen (secondary N) is 3. The first-order valence-electron chi connectivity index (χ1n) is 9.88. The molecule has 0 unspecified atom stereocenters. The van der Waals surface area contributed by atoms with Crippen molar-refractivity contribution < 1.29 is 27.5 Å². The second-order valence-electron chi connectivity index (χ2n) is 7.08. The maximum absolute atomic E-state index is 13.2. The number of alkyl halides is 3. The lowest BCUT2D eigenvalue weighted by Crippen LogP contribution is -2.49. The summed E-state index contributed by atoms with van der Waals surface area (Å²) in [5.74, 6) is -0.199. The van der Waals surface area contributed by atoms with Gasteiger partial charge in [0.25, 0.3) is 5.91 Å². The van der Waals surface area contributed by atoms with Gasteiger partial charge in [0.2, 0.25) is 16.6 Å². The topological polar surface area (TPSA) is 132 Å². The van der Waals surface area contributed by atoms with E-state index in [0.717, 1.165) is 6.07 Å². The Morgan fingerprint density at radius 1 is 1.03 bits per heavy atom. The Labute approximate surface area is 194 Å². The number of ether oxygens (including phenoxy) is 1. The third-order valence-corrected chi connectivity index (χ3v) is 5.09. The summed E-state index contributed by atoms with van der Waals surface area (Å²) in [4.78, 5) is 31.5. The molecule has 0 atom stereocenters. The molecule has 1 aliphatic rings. The normalized spacial score (nSPS) is 14.1. The monoisotopic (exact) mass is 494 g/mol. The van der Waals surface area contributed by atoms with E-state index >= 15 is 0 Å². The van der Waals surface area contributed by atoms with Crippen LogP contribution in [0.3, 0.4) is 0 Å². The van der Waals surface area contributed by atoms with Crippen molar-refractivity contribution in [3.05, 3.63) is 52.3 Å². The van der Waals surface area contributed by atoms with Gasteiger partial charge >= 0.3 is 12.3 Å². The van der Waals surface area contributed by atoms with Crippen molar-refractivity contribution in [2.45, 2.75) is 6.18 Å². The Morgan fingerprint density at radius 2 is 1.76 bits per heavy atom. The molecule has 34 heavy (non-hydrogen) atoms. The Balaban J connectivity index is 1.33. The van der Waals surface area contributed by atoms with Crippen LogP contribution in [0.2, 0.25) is 0 Å². The van der Waals surface area contributed by atoms with Gasteiger partial charge in [0.05, 0.1) is 11.1 Å². The number of aromatic amines is 2. The van der Waals surface area contributed by atoms with Gasteiger partial charge in [-0.15, -0.1) is 10.2 Å². The number of amides is 2. The number of nitrogens with zero attached hydrogens (tertiary/aromatic N) is 5. The number of hydrogen-bond donors (Lipinski definition) is 3. The lowest BCUT2D eigenvalue weighted by molar-refractivity contribution is -0.138. The molecule has 1 fully saturated rings. The Bertz CT molecular complexity index is 1240. The summed E-state index contributed by atoms with van der Waals surface area (Å²) in [5.41, 5.74) is -1.33. The van der Waals surface area contributed by atoms with Crippen LogP contribution in [0.25, 0.3) is 0 Å². The number of hydrogen-bond acceptors (Lipinski definition) is 8. The second-order valence-corrected chi connectivity index (χ2v) is 7.47. The van der Waals surface area contributed by atoms with Crippen LogP contribution in [0.4, 0.5) is 29.7 Å². The number of aromatic nitrogens is 5. The van der Waals surface area contributed by atoms with E-state index < -0.39 is 23.7 Å². The zero-order chi connectivity index (χ0) is 24.3. The minimum Gasteiger partial charge on any atom is -0.389 e. The second kappa shape index (κ2) is 9.46. The summed E-state index contributed by atoms with van der Waals surface area (Å²) in [7, 11) is 0. The highest BCUT2D eigenvalue weighted by atomic mass is 32.1. The van der Waals surface area contributed by atoms with Gasteiger partial charge in [0.15, 0.2) is 5.82 Å². The van der Waals surface area contributed by atoms with E-state index in [0.29, 0.717) is 18.9 Å². The van der Waals surface area contributed by atoms with Crippen LogP contribution in [0.1, 0.15) is 15.9 Å². The number of piperazine rings is 1. The molecule has 15 heteroatoms. The minimum absolute atomic E-state index is 0.0621. The SMILES string of the molecule is O=C(Nc1nc(=S)[nH][nH]1)Oc1ccc(N2CCN(C(=O)c3ccccc3C(F)(F)F)CC2)nn1. The number of anilines is 2. The summed E-state index contributed by atoms with van der Waals surface area (Å²) >= 11 is 4.77. The summed E-state index contributed by atoms with van der Waals surface area (Å²) in [6, 6.07) is 7.74. The van der Waals surface area contributed by atoms with Crippen LogP contribution in [0, 0.1) is 4.77 Å². The van der Waals surface area contributed by atoms with Gasteiger partial charge in [0, 0.05) is 32.2 Å². The van der Waals surface area contributed by atoms with Gasteiger partial charge in [-0.25, -0.2) is 4.79 Å². The van der Waals surface area contributed by atoms with E-state index in [1.807, 2.05) is 4.90 Å². The highest BCUT2D eigenvalue weighted by Crippen LogP contribution is 2.32. The lowest BCUT2D eigenvalue weighted by atomic mass is 10.1. The van der Waals surface area contributed by atoms with E-state index in [9.17, 15) is 22.8 Å². The van der Waals surface area contributed by atoms with Gasteiger partial charge < -0.3 is 14.5 Å². The molecule has 4 rings (SSSR count). The quantitative estimate of drug-likeness (QED) is 0.472. The van der Waals surface area contributed by atoms with Gasteiger partial charge in [0.1, 0.15) is 0 Å². The molecule has 1 aliphatic heterocycles. The molecule has 0 aliphatic carbocycles. The van der Waals surface area contributed by atoms with Crippen LogP contribution in [-0.4, -0.2) is 68.5 Å². The fourth-order valence-corrected chi connectivity index (χ4v) is 3.45. The van der Waals surface area contributed by atoms with Crippen LogP contribution in [-0.2, 0) is 6.18 Å². The molecule has 3 heterocycles. The Kier molecular flexibility index (Phi) is 6.45. The van der Waals surface area contributed by atoms with Crippen LogP contribution in [0.15, 0.2) is 36.4 Å². The first-order valence-corrected chi connectivity index (χ1v) is 10.3. The van der Waals surface area contributed by atoms with Crippen molar-refractivity contribution in [2.75, 3.05) is 36.4 Å². The van der Waals surface area contributed by atoms with Gasteiger partial charge in [-0.3, -0.25) is 20.3 Å². The molecule has 0 saturated carbocycles. The zero-order valence-corrected chi connectivity index (χ0v) is 18.1. The number of rotatable bonds is 4. The fraction of sp³-hybridized carbons (Fsp3) is 0.263. The molecular weight excluding hydrogens is 477 g/mol. The van der Waals surface area contributed by atoms with Crippen LogP contribution in [0.5, 0.6) is 5.88 Å². The van der Waals surface area contributed by atoms with E-state index in [1.54, 1.807) is 6.07 Å². The predicted octanol–water partition coefficient (Wildman–Crippen LogP) is 2.85. The van der Waals surface area contributed by atoms with Gasteiger partial charge in [-0.1, -0.05) is 12.1 Å². The summed E-state index contributed by atoms with van der Waals surface area (Å²) in [5, 5.41) is 15.2. The van der Waals surface area contributed by atoms with Crippen LogP contribution < -0.4 is 15.0 Å². The van der Waals surface area contributed by atoms with E-state index in [-0.39, 0.29) is 35.3 Å². The largest absolute Gasteiger partial charge is 0.420 e. The molecule has 0 bridgehead atoms. The fourth-order valence-electron chi connectivity index (χ4n) is 3.31. The average Bonchev–Trinajstić information content (AvgIpc) is 3.23. The summed E-state index contributed by atoms with van der Waals surface area (Å²) in [6.45, 7) is 1.10. The Morgan fingerprint density at radius 3 is 2.38 bits per heavy atom. The van der Waals surface area contributed by atoms with E-state index in [4.69, 9.17) is 17.0 Å². The van der Waals surface area contributed by atoms with Gasteiger partial charge in [-0.2, -0.15) is 18.2 Å². The van der Waals surface area contributed by atoms with Gasteiger partial charge in [-0.05, 0) is 30.4 Å². The first kappa shape index (κ1) is 23.2. The number of carbonyl (C=O) groups excluding carboxylic acids is 2. The molecule has 3 aromatic rings. The van der Waals surface area contributed by atoms with E-state index in [1.165, 1.54) is 29.2 Å². The number of H-pyrrole nitrogens is 2. The molecule has 11 nitrogen and oxygen atoms in total. The highest BCUT2D eigenvalue weighted by molar-refractivity contribution is 7.71. The maximum atomic E-state index is 13.2. The zero-order valence-electron chi connectivity index (χ0n) is 17.3. The maximum Gasteiger partial charge on any atom is 0.420 e. The van der Waals surface area contributed by atoms with Crippen molar-refractivity contribution in [3.8, 4) is 5.88 Å². The first-order chi connectivity index (χ1) is 16.2. The Hall–Kier alpha value is -4.01. The summed E-state index contributed by atoms with van der Waals surface area (Å²) < 4.78 is 44.9. The van der Waals surface area contributed by atoms with Crippen LogP contribution >= 0.6 is 12.2 Å². The minimum atomic E-state index is -4.62. The summed E-state index contributed by atoms with van der Waals surface area (Å²) in [6.07, 6.45) is -5.47. The molecule has 178 valence electrons. The molecule has 2 aromatic heterocycles. The smallest absolute Gasteiger partial charge is 0.389 e. The predicted molar refractivity (Wildman–Crippen MR) is 115 cm³/mol. The number of carbonyl (C=O) groups is 2. The average molecular weight is 494 g/mol.